The molecule has 1 aromatic rings. The highest BCUT2D eigenvalue weighted by molar-refractivity contribution is 6.18. The van der Waals surface area contributed by atoms with Crippen molar-refractivity contribution in [2.24, 2.45) is 0 Å². The Kier molecular flexibility index (Phi) is 3.89. The predicted molar refractivity (Wildman–Crippen MR) is 56.5 cm³/mol. The van der Waals surface area contributed by atoms with Gasteiger partial charge in [-0.25, -0.2) is 0 Å². The number of nitrogens with zero attached hydrogens (tertiary/aromatic N) is 2. The summed E-state index contributed by atoms with van der Waals surface area (Å²) in [6.45, 7) is 1.90. The van der Waals surface area contributed by atoms with Gasteiger partial charge in [-0.15, -0.1) is 11.6 Å². The lowest BCUT2D eigenvalue weighted by Crippen LogP contribution is -2.36. The Morgan fingerprint density at radius 2 is 2.36 bits per heavy atom. The van der Waals surface area contributed by atoms with Gasteiger partial charge in [-0.2, -0.15) is 0 Å². The van der Waals surface area contributed by atoms with E-state index in [0.717, 1.165) is 0 Å². The second-order valence-electron chi connectivity index (χ2n) is 3.13. The first-order valence-electron chi connectivity index (χ1n) is 4.41. The van der Waals surface area contributed by atoms with Crippen LogP contribution in [0.25, 0.3) is 0 Å². The van der Waals surface area contributed by atoms with E-state index in [1.165, 1.54) is 0 Å². The number of hydrogen-bond donors (Lipinski definition) is 0. The van der Waals surface area contributed by atoms with Gasteiger partial charge < -0.3 is 4.90 Å². The van der Waals surface area contributed by atoms with Gasteiger partial charge in [-0.3, -0.25) is 9.78 Å². The summed E-state index contributed by atoms with van der Waals surface area (Å²) in [6, 6.07) is 5.28. The molecule has 4 heteroatoms. The topological polar surface area (TPSA) is 33.2 Å². The molecule has 0 spiro atoms. The Morgan fingerprint density at radius 1 is 1.64 bits per heavy atom. The van der Waals surface area contributed by atoms with Crippen LogP contribution in [0.3, 0.4) is 0 Å². The van der Waals surface area contributed by atoms with Crippen LogP contribution in [0.5, 0.6) is 0 Å². The average molecular weight is 213 g/mol. The Morgan fingerprint density at radius 3 is 2.86 bits per heavy atom. The Labute approximate surface area is 88.7 Å². The number of carbonyl (C=O) groups excluding carboxylic acids is 1. The highest BCUT2D eigenvalue weighted by Gasteiger charge is 2.16. The van der Waals surface area contributed by atoms with Crippen LogP contribution in [0.4, 0.5) is 0 Å². The van der Waals surface area contributed by atoms with Crippen LogP contribution in [-0.4, -0.2) is 34.8 Å². The van der Waals surface area contributed by atoms with Crippen LogP contribution in [0.1, 0.15) is 17.4 Å². The Hall–Kier alpha value is -1.09. The molecule has 0 saturated heterocycles. The van der Waals surface area contributed by atoms with Gasteiger partial charge in [0.1, 0.15) is 5.69 Å². The number of alkyl halides is 1. The van der Waals surface area contributed by atoms with Crippen molar-refractivity contribution in [3.63, 3.8) is 0 Å². The number of hydrogen-bond acceptors (Lipinski definition) is 2. The third kappa shape index (κ3) is 2.45. The summed E-state index contributed by atoms with van der Waals surface area (Å²) >= 11 is 5.66. The molecule has 0 bridgehead atoms. The predicted octanol–water partition coefficient (Wildman–Crippen LogP) is 1.78. The molecule has 1 rings (SSSR count). The molecule has 1 atom stereocenters. The van der Waals surface area contributed by atoms with E-state index in [9.17, 15) is 4.79 Å². The molecule has 3 nitrogen and oxygen atoms in total. The summed E-state index contributed by atoms with van der Waals surface area (Å²) in [5, 5.41) is 0. The molecule has 1 unspecified atom stereocenters. The fraction of sp³-hybridized carbons (Fsp3) is 0.400. The molecule has 0 fully saturated rings. The molecule has 1 heterocycles. The van der Waals surface area contributed by atoms with Gasteiger partial charge in [-0.1, -0.05) is 6.07 Å². The van der Waals surface area contributed by atoms with Crippen LogP contribution in [0.15, 0.2) is 24.4 Å². The minimum absolute atomic E-state index is 0.0196. The summed E-state index contributed by atoms with van der Waals surface area (Å²) in [6.07, 6.45) is 1.60. The number of halogens is 1. The first kappa shape index (κ1) is 11.0. The molecule has 0 aliphatic heterocycles. The van der Waals surface area contributed by atoms with Crippen molar-refractivity contribution < 1.29 is 4.79 Å². The number of amides is 1. The highest BCUT2D eigenvalue weighted by atomic mass is 35.5. The third-order valence-electron chi connectivity index (χ3n) is 2.09. The lowest BCUT2D eigenvalue weighted by Gasteiger charge is -2.22. The van der Waals surface area contributed by atoms with Crippen molar-refractivity contribution in [3.8, 4) is 0 Å². The zero-order valence-electron chi connectivity index (χ0n) is 8.27. The van der Waals surface area contributed by atoms with Gasteiger partial charge in [0.25, 0.3) is 5.91 Å². The summed E-state index contributed by atoms with van der Waals surface area (Å²) in [7, 11) is 1.73. The van der Waals surface area contributed by atoms with Crippen molar-refractivity contribution in [1.29, 1.82) is 0 Å². The van der Waals surface area contributed by atoms with Gasteiger partial charge in [-0.05, 0) is 19.1 Å². The largest absolute Gasteiger partial charge is 0.336 e. The normalized spacial score (nSPS) is 12.2. The summed E-state index contributed by atoms with van der Waals surface area (Å²) in [4.78, 5) is 17.3. The molecule has 76 valence electrons. The second-order valence-corrected chi connectivity index (χ2v) is 3.44. The van der Waals surface area contributed by atoms with E-state index in [4.69, 9.17) is 11.6 Å². The maximum absolute atomic E-state index is 11.7. The molecular formula is C10H13ClN2O. The van der Waals surface area contributed by atoms with Crippen molar-refractivity contribution >= 4 is 17.5 Å². The van der Waals surface area contributed by atoms with Crippen LogP contribution >= 0.6 is 11.6 Å². The third-order valence-corrected chi connectivity index (χ3v) is 2.54. The second kappa shape index (κ2) is 4.96. The monoisotopic (exact) mass is 212 g/mol. The van der Waals surface area contributed by atoms with Crippen molar-refractivity contribution in [3.05, 3.63) is 30.1 Å². The lowest BCUT2D eigenvalue weighted by molar-refractivity contribution is 0.0751. The molecule has 0 aliphatic rings. The molecule has 0 radical (unpaired) electrons. The molecule has 0 N–H and O–H groups in total. The Balaban J connectivity index is 2.76. The standard InChI is InChI=1S/C10H13ClN2O/c1-8(7-11)13(2)10(14)9-5-3-4-6-12-9/h3-6,8H,7H2,1-2H3. The Bertz CT molecular complexity index is 302. The zero-order chi connectivity index (χ0) is 10.6. The maximum Gasteiger partial charge on any atom is 0.272 e. The van der Waals surface area contributed by atoms with Crippen LogP contribution in [0.2, 0.25) is 0 Å². The van der Waals surface area contributed by atoms with Crippen LogP contribution in [-0.2, 0) is 0 Å². The van der Waals surface area contributed by atoms with Gasteiger partial charge >= 0.3 is 0 Å². The summed E-state index contributed by atoms with van der Waals surface area (Å²) in [5.74, 6) is 0.327. The van der Waals surface area contributed by atoms with Gasteiger partial charge in [0.2, 0.25) is 0 Å². The first-order valence-corrected chi connectivity index (χ1v) is 4.94. The summed E-state index contributed by atoms with van der Waals surface area (Å²) in [5.41, 5.74) is 0.451. The van der Waals surface area contributed by atoms with Crippen LogP contribution in [0, 0.1) is 0 Å². The number of carbonyl (C=O) groups is 1. The molecule has 1 amide bonds. The number of aromatic nitrogens is 1. The van der Waals surface area contributed by atoms with Gasteiger partial charge in [0, 0.05) is 25.2 Å². The first-order chi connectivity index (χ1) is 6.66. The molecule has 0 aliphatic carbocycles. The zero-order valence-corrected chi connectivity index (χ0v) is 9.03. The van der Waals surface area contributed by atoms with Crippen molar-refractivity contribution in [2.45, 2.75) is 13.0 Å². The quantitative estimate of drug-likeness (QED) is 0.716. The molecule has 1 aromatic heterocycles. The van der Waals surface area contributed by atoms with Gasteiger partial charge in [0.05, 0.1) is 0 Å². The van der Waals surface area contributed by atoms with E-state index in [0.29, 0.717) is 11.6 Å². The highest BCUT2D eigenvalue weighted by Crippen LogP contribution is 2.04. The van der Waals surface area contributed by atoms with E-state index in [1.54, 1.807) is 36.3 Å². The minimum Gasteiger partial charge on any atom is -0.336 e. The maximum atomic E-state index is 11.7. The fourth-order valence-corrected chi connectivity index (χ4v) is 1.18. The van der Waals surface area contributed by atoms with Crippen LogP contribution < -0.4 is 0 Å². The van der Waals surface area contributed by atoms with Gasteiger partial charge in [0.15, 0.2) is 0 Å². The van der Waals surface area contributed by atoms with E-state index < -0.39 is 0 Å². The SMILES string of the molecule is CC(CCl)N(C)C(=O)c1ccccn1. The van der Waals surface area contributed by atoms with Crippen molar-refractivity contribution in [1.82, 2.24) is 9.88 Å². The van der Waals surface area contributed by atoms with E-state index >= 15 is 0 Å². The molecule has 0 saturated carbocycles. The lowest BCUT2D eigenvalue weighted by atomic mass is 10.3. The molecule has 14 heavy (non-hydrogen) atoms. The van der Waals surface area contributed by atoms with E-state index in [1.807, 2.05) is 6.92 Å². The number of rotatable bonds is 3. The smallest absolute Gasteiger partial charge is 0.272 e. The summed E-state index contributed by atoms with van der Waals surface area (Å²) < 4.78 is 0. The van der Waals surface area contributed by atoms with E-state index in [-0.39, 0.29) is 11.9 Å². The average Bonchev–Trinajstić information content (AvgIpc) is 2.27. The minimum atomic E-state index is -0.0984. The fourth-order valence-electron chi connectivity index (χ4n) is 0.974. The number of pyridine rings is 1. The molecular weight excluding hydrogens is 200 g/mol. The molecule has 0 aromatic carbocycles. The van der Waals surface area contributed by atoms with Crippen molar-refractivity contribution in [2.75, 3.05) is 12.9 Å². The van der Waals surface area contributed by atoms with E-state index in [2.05, 4.69) is 4.98 Å².